The molecule has 4 heteroatoms. The summed E-state index contributed by atoms with van der Waals surface area (Å²) >= 11 is 0. The van der Waals surface area contributed by atoms with Gasteiger partial charge < -0.3 is 10.6 Å². The molecule has 2 saturated heterocycles. The van der Waals surface area contributed by atoms with Gasteiger partial charge in [-0.3, -0.25) is 9.69 Å². The molecule has 1 saturated carbocycles. The number of hydrogen-bond acceptors (Lipinski definition) is 3. The van der Waals surface area contributed by atoms with Crippen molar-refractivity contribution < 1.29 is 4.79 Å². The Balaban J connectivity index is 1.21. The lowest BCUT2D eigenvalue weighted by Crippen LogP contribution is -2.55. The molecule has 27 heavy (non-hydrogen) atoms. The van der Waals surface area contributed by atoms with Crippen LogP contribution in [0.3, 0.4) is 0 Å². The van der Waals surface area contributed by atoms with E-state index in [1.165, 1.54) is 50.8 Å². The molecule has 2 heterocycles. The maximum absolute atomic E-state index is 12.2. The molecule has 0 aromatic heterocycles. The standard InChI is InChI=1S/C23H35N3O/c27-23(25-21-9-4-5-10-21)12-6-11-22-20-13-19(14-24-22)16-26(17-20)15-18-7-2-1-3-8-18/h1-3,7-8,19-22,24H,4-6,9-17H2,(H,25,27). The molecule has 2 bridgehead atoms. The molecule has 148 valence electrons. The van der Waals surface area contributed by atoms with Crippen molar-refractivity contribution in [1.82, 2.24) is 15.5 Å². The predicted molar refractivity (Wildman–Crippen MR) is 109 cm³/mol. The predicted octanol–water partition coefficient (Wildman–Crippen LogP) is 3.33. The second-order valence-corrected chi connectivity index (χ2v) is 9.00. The molecule has 1 aromatic rings. The van der Waals surface area contributed by atoms with Crippen molar-refractivity contribution in [3.63, 3.8) is 0 Å². The van der Waals surface area contributed by atoms with Gasteiger partial charge in [0.25, 0.3) is 0 Å². The number of carbonyl (C=O) groups is 1. The lowest BCUT2D eigenvalue weighted by atomic mass is 9.79. The lowest BCUT2D eigenvalue weighted by Gasteiger charge is -2.46. The van der Waals surface area contributed by atoms with Crippen molar-refractivity contribution in [3.8, 4) is 0 Å². The molecule has 1 amide bonds. The van der Waals surface area contributed by atoms with Crippen LogP contribution in [0.5, 0.6) is 0 Å². The van der Waals surface area contributed by atoms with Crippen molar-refractivity contribution in [3.05, 3.63) is 35.9 Å². The van der Waals surface area contributed by atoms with Gasteiger partial charge in [-0.25, -0.2) is 0 Å². The minimum atomic E-state index is 0.268. The normalized spacial score (nSPS) is 29.0. The highest BCUT2D eigenvalue weighted by molar-refractivity contribution is 5.76. The van der Waals surface area contributed by atoms with Gasteiger partial charge in [-0.15, -0.1) is 0 Å². The average molecular weight is 370 g/mol. The van der Waals surface area contributed by atoms with E-state index in [0.717, 1.165) is 37.8 Å². The van der Waals surface area contributed by atoms with Crippen molar-refractivity contribution in [1.29, 1.82) is 0 Å². The third-order valence-electron chi connectivity index (χ3n) is 6.77. The molecule has 1 aromatic carbocycles. The lowest BCUT2D eigenvalue weighted by molar-refractivity contribution is -0.121. The Labute approximate surface area is 164 Å². The van der Waals surface area contributed by atoms with Crippen LogP contribution in [0.25, 0.3) is 0 Å². The molecular weight excluding hydrogens is 334 g/mol. The Bertz CT molecular complexity index is 599. The molecule has 0 radical (unpaired) electrons. The summed E-state index contributed by atoms with van der Waals surface area (Å²) in [5.41, 5.74) is 1.42. The van der Waals surface area contributed by atoms with Gasteiger partial charge in [0.2, 0.25) is 5.91 Å². The van der Waals surface area contributed by atoms with E-state index in [9.17, 15) is 4.79 Å². The van der Waals surface area contributed by atoms with Gasteiger partial charge >= 0.3 is 0 Å². The number of carbonyl (C=O) groups excluding carboxylic acids is 1. The van der Waals surface area contributed by atoms with E-state index in [-0.39, 0.29) is 5.91 Å². The minimum Gasteiger partial charge on any atom is -0.353 e. The van der Waals surface area contributed by atoms with Crippen molar-refractivity contribution in [2.75, 3.05) is 19.6 Å². The third-order valence-corrected chi connectivity index (χ3v) is 6.77. The number of amides is 1. The van der Waals surface area contributed by atoms with Crippen molar-refractivity contribution in [2.45, 2.75) is 70.0 Å². The van der Waals surface area contributed by atoms with Crippen LogP contribution < -0.4 is 10.6 Å². The van der Waals surface area contributed by atoms with Crippen LogP contribution in [0, 0.1) is 11.8 Å². The highest BCUT2D eigenvalue weighted by atomic mass is 16.1. The summed E-state index contributed by atoms with van der Waals surface area (Å²) in [6.45, 7) is 4.62. The van der Waals surface area contributed by atoms with Gasteiger partial charge in [-0.1, -0.05) is 43.2 Å². The highest BCUT2D eigenvalue weighted by Crippen LogP contribution is 2.31. The van der Waals surface area contributed by atoms with E-state index >= 15 is 0 Å². The van der Waals surface area contributed by atoms with E-state index in [4.69, 9.17) is 0 Å². The van der Waals surface area contributed by atoms with Crippen LogP contribution in [0.2, 0.25) is 0 Å². The smallest absolute Gasteiger partial charge is 0.220 e. The maximum atomic E-state index is 12.2. The first-order valence-electron chi connectivity index (χ1n) is 11.1. The second kappa shape index (κ2) is 9.20. The van der Waals surface area contributed by atoms with Gasteiger partial charge in [0.05, 0.1) is 0 Å². The van der Waals surface area contributed by atoms with Crippen molar-refractivity contribution >= 4 is 5.91 Å². The number of hydrogen-bond donors (Lipinski definition) is 2. The summed E-state index contributed by atoms with van der Waals surface area (Å²) in [5, 5.41) is 7.02. The maximum Gasteiger partial charge on any atom is 0.220 e. The summed E-state index contributed by atoms with van der Waals surface area (Å²) in [6.07, 6.45) is 9.10. The average Bonchev–Trinajstić information content (AvgIpc) is 3.17. The molecule has 1 aliphatic carbocycles. The van der Waals surface area contributed by atoms with Gasteiger partial charge in [-0.05, 0) is 56.0 Å². The van der Waals surface area contributed by atoms with Crippen LogP contribution in [0.15, 0.2) is 30.3 Å². The molecule has 2 N–H and O–H groups in total. The number of rotatable bonds is 7. The number of nitrogens with one attached hydrogen (secondary N) is 2. The Hall–Kier alpha value is -1.39. The zero-order valence-corrected chi connectivity index (χ0v) is 16.5. The molecule has 3 unspecified atom stereocenters. The van der Waals surface area contributed by atoms with Crippen LogP contribution >= 0.6 is 0 Å². The number of benzene rings is 1. The van der Waals surface area contributed by atoms with Crippen LogP contribution in [0.1, 0.15) is 56.9 Å². The molecule has 3 atom stereocenters. The van der Waals surface area contributed by atoms with Gasteiger partial charge in [0.15, 0.2) is 0 Å². The van der Waals surface area contributed by atoms with Crippen molar-refractivity contribution in [2.24, 2.45) is 11.8 Å². The fourth-order valence-corrected chi connectivity index (χ4v) is 5.43. The largest absolute Gasteiger partial charge is 0.353 e. The van der Waals surface area contributed by atoms with E-state index in [1.807, 2.05) is 0 Å². The molecule has 0 spiro atoms. The Morgan fingerprint density at radius 2 is 1.96 bits per heavy atom. The van der Waals surface area contributed by atoms with E-state index < -0.39 is 0 Å². The number of nitrogens with zero attached hydrogens (tertiary/aromatic N) is 1. The fourth-order valence-electron chi connectivity index (χ4n) is 5.43. The summed E-state index contributed by atoms with van der Waals surface area (Å²) in [7, 11) is 0. The summed E-state index contributed by atoms with van der Waals surface area (Å²) < 4.78 is 0. The van der Waals surface area contributed by atoms with Gasteiger partial charge in [0.1, 0.15) is 0 Å². The quantitative estimate of drug-likeness (QED) is 0.775. The molecule has 3 fully saturated rings. The SMILES string of the molecule is O=C(CCCC1NCC2CC1CN(Cc1ccccc1)C2)NC1CCCC1. The first-order valence-corrected chi connectivity index (χ1v) is 11.1. The minimum absolute atomic E-state index is 0.268. The van der Waals surface area contributed by atoms with Gasteiger partial charge in [-0.2, -0.15) is 0 Å². The Morgan fingerprint density at radius 3 is 2.78 bits per heavy atom. The fraction of sp³-hybridized carbons (Fsp3) is 0.696. The highest BCUT2D eigenvalue weighted by Gasteiger charge is 2.36. The first-order chi connectivity index (χ1) is 13.3. The molecular formula is C23H35N3O. The van der Waals surface area contributed by atoms with Crippen LogP contribution in [-0.4, -0.2) is 42.5 Å². The van der Waals surface area contributed by atoms with E-state index in [1.54, 1.807) is 0 Å². The molecule has 4 rings (SSSR count). The summed E-state index contributed by atoms with van der Waals surface area (Å²) in [5.74, 6) is 1.79. The monoisotopic (exact) mass is 369 g/mol. The zero-order valence-electron chi connectivity index (χ0n) is 16.5. The second-order valence-electron chi connectivity index (χ2n) is 9.00. The van der Waals surface area contributed by atoms with E-state index in [2.05, 4.69) is 45.9 Å². The molecule has 4 nitrogen and oxygen atoms in total. The van der Waals surface area contributed by atoms with Gasteiger partial charge in [0, 0.05) is 38.1 Å². The Morgan fingerprint density at radius 1 is 1.15 bits per heavy atom. The Kier molecular flexibility index (Phi) is 6.46. The summed E-state index contributed by atoms with van der Waals surface area (Å²) in [4.78, 5) is 14.8. The topological polar surface area (TPSA) is 44.4 Å². The van der Waals surface area contributed by atoms with E-state index in [0.29, 0.717) is 18.5 Å². The molecule has 2 aliphatic heterocycles. The summed E-state index contributed by atoms with van der Waals surface area (Å²) in [6, 6.07) is 11.9. The number of likely N-dealkylation sites (tertiary alicyclic amines) is 1. The molecule has 3 aliphatic rings. The third kappa shape index (κ3) is 5.32. The van der Waals surface area contributed by atoms with Crippen LogP contribution in [0.4, 0.5) is 0 Å². The first kappa shape index (κ1) is 18.9. The van der Waals surface area contributed by atoms with Crippen LogP contribution in [-0.2, 0) is 11.3 Å². The number of piperidine rings is 2. The number of fused-ring (bicyclic) bond motifs is 2. The zero-order chi connectivity index (χ0) is 18.5.